The molecule has 2 rings (SSSR count). The molecule has 2 aromatic rings. The Labute approximate surface area is 129 Å². The van der Waals surface area contributed by atoms with Crippen molar-refractivity contribution in [2.75, 3.05) is 5.75 Å². The molecule has 0 aromatic heterocycles. The maximum Gasteiger partial charge on any atom is 0.0551 e. The van der Waals surface area contributed by atoms with Crippen molar-refractivity contribution in [3.63, 3.8) is 0 Å². The van der Waals surface area contributed by atoms with Crippen molar-refractivity contribution in [2.45, 2.75) is 38.6 Å². The van der Waals surface area contributed by atoms with Gasteiger partial charge in [-0.2, -0.15) is 0 Å². The molecule has 0 spiro atoms. The number of benzene rings is 2. The van der Waals surface area contributed by atoms with Crippen molar-refractivity contribution in [3.8, 4) is 0 Å². The van der Waals surface area contributed by atoms with Crippen LogP contribution < -0.4 is 5.73 Å². The van der Waals surface area contributed by atoms with Gasteiger partial charge >= 0.3 is 0 Å². The van der Waals surface area contributed by atoms with Crippen LogP contribution in [0.2, 0.25) is 0 Å². The van der Waals surface area contributed by atoms with Crippen LogP contribution >= 0.6 is 0 Å². The summed E-state index contributed by atoms with van der Waals surface area (Å²) in [5.41, 5.74) is 12.0. The molecule has 2 atom stereocenters. The zero-order chi connectivity index (χ0) is 15.6. The van der Waals surface area contributed by atoms with Crippen molar-refractivity contribution in [2.24, 2.45) is 5.73 Å². The Morgan fingerprint density at radius 3 is 2.14 bits per heavy atom. The molecule has 0 aliphatic rings. The van der Waals surface area contributed by atoms with Crippen LogP contribution in [-0.2, 0) is 10.8 Å². The van der Waals surface area contributed by atoms with Crippen LogP contribution in [0.15, 0.2) is 41.3 Å². The number of hydrogen-bond donors (Lipinski definition) is 1. The quantitative estimate of drug-likeness (QED) is 0.935. The number of aryl methyl sites for hydroxylation is 4. The molecule has 2 N–H and O–H groups in total. The molecule has 2 unspecified atom stereocenters. The summed E-state index contributed by atoms with van der Waals surface area (Å²) in [6.45, 7) is 8.16. The largest absolute Gasteiger partial charge is 0.323 e. The zero-order valence-corrected chi connectivity index (χ0v) is 14.0. The van der Waals surface area contributed by atoms with Gasteiger partial charge in [0, 0.05) is 16.7 Å². The normalized spacial score (nSPS) is 14.0. The topological polar surface area (TPSA) is 43.1 Å². The first-order chi connectivity index (χ1) is 9.86. The van der Waals surface area contributed by atoms with Crippen molar-refractivity contribution < 1.29 is 4.21 Å². The lowest BCUT2D eigenvalue weighted by Gasteiger charge is -2.15. The highest BCUT2D eigenvalue weighted by Crippen LogP contribution is 2.20. The molecule has 2 aromatic carbocycles. The molecule has 0 heterocycles. The second kappa shape index (κ2) is 6.54. The highest BCUT2D eigenvalue weighted by molar-refractivity contribution is 7.85. The third kappa shape index (κ3) is 4.02. The Bertz CT molecular complexity index is 659. The number of nitrogens with two attached hydrogens (primary N) is 1. The van der Waals surface area contributed by atoms with Crippen LogP contribution in [0.3, 0.4) is 0 Å². The van der Waals surface area contributed by atoms with Gasteiger partial charge in [0.05, 0.1) is 10.8 Å². The third-order valence-electron chi connectivity index (χ3n) is 3.58. The molecular weight excluding hydrogens is 278 g/mol. The van der Waals surface area contributed by atoms with E-state index < -0.39 is 10.8 Å². The zero-order valence-electron chi connectivity index (χ0n) is 13.1. The van der Waals surface area contributed by atoms with Crippen LogP contribution in [0.4, 0.5) is 0 Å². The van der Waals surface area contributed by atoms with E-state index in [1.54, 1.807) is 0 Å². The van der Waals surface area contributed by atoms with Gasteiger partial charge in [-0.15, -0.1) is 0 Å². The minimum atomic E-state index is -1.07. The van der Waals surface area contributed by atoms with Crippen LogP contribution in [-0.4, -0.2) is 9.96 Å². The summed E-state index contributed by atoms with van der Waals surface area (Å²) >= 11 is 0. The molecule has 0 aliphatic heterocycles. The predicted octanol–water partition coefficient (Wildman–Crippen LogP) is 3.73. The lowest BCUT2D eigenvalue weighted by Crippen LogP contribution is -2.19. The van der Waals surface area contributed by atoms with Gasteiger partial charge in [-0.05, 0) is 44.9 Å². The molecule has 0 aliphatic carbocycles. The van der Waals surface area contributed by atoms with Crippen molar-refractivity contribution in [1.29, 1.82) is 0 Å². The van der Waals surface area contributed by atoms with Crippen molar-refractivity contribution in [3.05, 3.63) is 64.2 Å². The molecule has 3 heteroatoms. The van der Waals surface area contributed by atoms with E-state index in [1.165, 1.54) is 16.7 Å². The highest BCUT2D eigenvalue weighted by Gasteiger charge is 2.14. The van der Waals surface area contributed by atoms with Crippen LogP contribution in [0, 0.1) is 27.7 Å². The molecule has 0 saturated heterocycles. The minimum absolute atomic E-state index is 0.204. The first-order valence-corrected chi connectivity index (χ1v) is 8.48. The summed E-state index contributed by atoms with van der Waals surface area (Å²) in [6.07, 6.45) is 0. The van der Waals surface area contributed by atoms with E-state index >= 15 is 0 Å². The lowest BCUT2D eigenvalue weighted by molar-refractivity contribution is 0.674. The molecule has 2 nitrogen and oxygen atoms in total. The van der Waals surface area contributed by atoms with Gasteiger partial charge in [-0.3, -0.25) is 4.21 Å². The first kappa shape index (κ1) is 15.9. The third-order valence-corrected chi connectivity index (χ3v) is 5.19. The molecule has 0 fully saturated rings. The summed E-state index contributed by atoms with van der Waals surface area (Å²) in [4.78, 5) is 0.889. The maximum atomic E-state index is 12.6. The SMILES string of the molecule is Cc1cc(C)cc(C(N)CS(=O)c2ccc(C)cc2C)c1. The van der Waals surface area contributed by atoms with Crippen LogP contribution in [0.1, 0.15) is 33.9 Å². The average molecular weight is 301 g/mol. The Kier molecular flexibility index (Phi) is 4.96. The van der Waals surface area contributed by atoms with Gasteiger partial charge < -0.3 is 5.73 Å². The molecular formula is C18H23NOS. The Morgan fingerprint density at radius 2 is 1.57 bits per heavy atom. The van der Waals surface area contributed by atoms with Gasteiger partial charge in [-0.1, -0.05) is 47.0 Å². The summed E-state index contributed by atoms with van der Waals surface area (Å²) in [5.74, 6) is 0.451. The van der Waals surface area contributed by atoms with E-state index in [0.29, 0.717) is 5.75 Å². The number of rotatable bonds is 4. The first-order valence-electron chi connectivity index (χ1n) is 7.16. The molecule has 21 heavy (non-hydrogen) atoms. The van der Waals surface area contributed by atoms with E-state index in [2.05, 4.69) is 38.1 Å². The van der Waals surface area contributed by atoms with E-state index in [4.69, 9.17) is 5.73 Å². The van der Waals surface area contributed by atoms with Crippen LogP contribution in [0.5, 0.6) is 0 Å². The number of hydrogen-bond acceptors (Lipinski definition) is 2. The highest BCUT2D eigenvalue weighted by atomic mass is 32.2. The van der Waals surface area contributed by atoms with Gasteiger partial charge in [0.2, 0.25) is 0 Å². The lowest BCUT2D eigenvalue weighted by atomic mass is 10.0. The summed E-state index contributed by atoms with van der Waals surface area (Å²) < 4.78 is 12.6. The van der Waals surface area contributed by atoms with Gasteiger partial charge in [0.25, 0.3) is 0 Å². The van der Waals surface area contributed by atoms with E-state index in [-0.39, 0.29) is 6.04 Å². The molecule has 112 valence electrons. The fraction of sp³-hybridized carbons (Fsp3) is 0.333. The molecule has 0 saturated carbocycles. The van der Waals surface area contributed by atoms with Crippen LogP contribution in [0.25, 0.3) is 0 Å². The van der Waals surface area contributed by atoms with Gasteiger partial charge in [0.15, 0.2) is 0 Å². The maximum absolute atomic E-state index is 12.6. The predicted molar refractivity (Wildman–Crippen MR) is 90.0 cm³/mol. The summed E-state index contributed by atoms with van der Waals surface area (Å²) in [5, 5.41) is 0. The van der Waals surface area contributed by atoms with Crippen molar-refractivity contribution in [1.82, 2.24) is 0 Å². The molecule has 0 amide bonds. The Balaban J connectivity index is 2.18. The Hall–Kier alpha value is -1.45. The van der Waals surface area contributed by atoms with Crippen molar-refractivity contribution >= 4 is 10.8 Å². The van der Waals surface area contributed by atoms with Gasteiger partial charge in [0.1, 0.15) is 0 Å². The summed E-state index contributed by atoms with van der Waals surface area (Å²) in [6, 6.07) is 12.1. The Morgan fingerprint density at radius 1 is 0.952 bits per heavy atom. The fourth-order valence-electron chi connectivity index (χ4n) is 2.63. The summed E-state index contributed by atoms with van der Waals surface area (Å²) in [7, 11) is -1.07. The van der Waals surface area contributed by atoms with E-state index in [0.717, 1.165) is 16.0 Å². The minimum Gasteiger partial charge on any atom is -0.323 e. The molecule has 0 radical (unpaired) electrons. The van der Waals surface area contributed by atoms with E-state index in [1.807, 2.05) is 26.0 Å². The second-order valence-corrected chi connectivity index (χ2v) is 7.27. The standard InChI is InChI=1S/C18H23NOS/c1-12-5-6-18(15(4)8-12)21(20)11-17(19)16-9-13(2)7-14(3)10-16/h5-10,17H,11,19H2,1-4H3. The average Bonchev–Trinajstić information content (AvgIpc) is 2.37. The second-order valence-electron chi connectivity index (χ2n) is 5.81. The monoisotopic (exact) mass is 301 g/mol. The molecule has 0 bridgehead atoms. The fourth-order valence-corrected chi connectivity index (χ4v) is 3.96. The van der Waals surface area contributed by atoms with Gasteiger partial charge in [-0.25, -0.2) is 0 Å². The smallest absolute Gasteiger partial charge is 0.0551 e. The van der Waals surface area contributed by atoms with E-state index in [9.17, 15) is 4.21 Å².